The van der Waals surface area contributed by atoms with Gasteiger partial charge in [0.25, 0.3) is 0 Å². The van der Waals surface area contributed by atoms with Gasteiger partial charge in [-0.3, -0.25) is 4.98 Å². The molecular weight excluding hydrogens is 186 g/mol. The van der Waals surface area contributed by atoms with Crippen LogP contribution >= 0.6 is 0 Å². The zero-order chi connectivity index (χ0) is 11.4. The number of pyridine rings is 1. The van der Waals surface area contributed by atoms with Gasteiger partial charge in [0.1, 0.15) is 0 Å². The summed E-state index contributed by atoms with van der Waals surface area (Å²) in [4.78, 5) is 6.55. The fraction of sp³-hybridized carbons (Fsp3) is 0.583. The molecule has 0 amide bonds. The number of nitrogens with two attached hydrogens (primary N) is 1. The van der Waals surface area contributed by atoms with Crippen LogP contribution in [0.3, 0.4) is 0 Å². The molecule has 0 aliphatic carbocycles. The maximum atomic E-state index is 5.74. The molecule has 1 unspecified atom stereocenters. The monoisotopic (exact) mass is 207 g/mol. The van der Waals surface area contributed by atoms with Crippen molar-refractivity contribution in [3.8, 4) is 0 Å². The van der Waals surface area contributed by atoms with Crippen molar-refractivity contribution in [1.82, 2.24) is 4.98 Å². The maximum absolute atomic E-state index is 5.74. The van der Waals surface area contributed by atoms with Crippen LogP contribution in [0.15, 0.2) is 18.3 Å². The first-order valence-corrected chi connectivity index (χ1v) is 5.43. The predicted octanol–water partition coefficient (Wildman–Crippen LogP) is 2.19. The third kappa shape index (κ3) is 3.51. The van der Waals surface area contributed by atoms with E-state index in [2.05, 4.69) is 36.8 Å². The third-order valence-electron chi connectivity index (χ3n) is 2.32. The highest BCUT2D eigenvalue weighted by molar-refractivity contribution is 5.43. The van der Waals surface area contributed by atoms with Gasteiger partial charge in [0, 0.05) is 19.6 Å². The summed E-state index contributed by atoms with van der Waals surface area (Å²) in [6.07, 6.45) is 1.89. The zero-order valence-corrected chi connectivity index (χ0v) is 10.1. The summed E-state index contributed by atoms with van der Waals surface area (Å²) in [5, 5.41) is 0. The van der Waals surface area contributed by atoms with E-state index in [0.717, 1.165) is 17.9 Å². The highest BCUT2D eigenvalue weighted by atomic mass is 15.1. The Balaban J connectivity index is 2.71. The minimum atomic E-state index is 0.00875. The number of nitrogens with zero attached hydrogens (tertiary/aromatic N) is 2. The molecule has 0 saturated heterocycles. The smallest absolute Gasteiger partial charge is 0.0569 e. The van der Waals surface area contributed by atoms with Crippen molar-refractivity contribution in [2.24, 2.45) is 11.7 Å². The van der Waals surface area contributed by atoms with Crippen LogP contribution in [0.25, 0.3) is 0 Å². The summed E-state index contributed by atoms with van der Waals surface area (Å²) < 4.78 is 0. The highest BCUT2D eigenvalue weighted by Gasteiger charge is 2.05. The van der Waals surface area contributed by atoms with Gasteiger partial charge in [-0.1, -0.05) is 13.8 Å². The molecule has 0 radical (unpaired) electrons. The van der Waals surface area contributed by atoms with Crippen molar-refractivity contribution < 1.29 is 0 Å². The van der Waals surface area contributed by atoms with Crippen LogP contribution in [-0.4, -0.2) is 18.6 Å². The molecule has 1 aromatic heterocycles. The molecule has 0 fully saturated rings. The molecule has 3 heteroatoms. The molecule has 1 rings (SSSR count). The van der Waals surface area contributed by atoms with Crippen molar-refractivity contribution in [3.05, 3.63) is 24.0 Å². The normalized spacial score (nSPS) is 12.9. The lowest BCUT2D eigenvalue weighted by molar-refractivity contribution is 0.637. The van der Waals surface area contributed by atoms with E-state index in [0.29, 0.717) is 5.92 Å². The Labute approximate surface area is 92.3 Å². The summed E-state index contributed by atoms with van der Waals surface area (Å²) in [5.41, 5.74) is 7.83. The van der Waals surface area contributed by atoms with Crippen molar-refractivity contribution in [2.45, 2.75) is 26.8 Å². The van der Waals surface area contributed by atoms with Gasteiger partial charge in [-0.25, -0.2) is 0 Å². The molecule has 15 heavy (non-hydrogen) atoms. The highest BCUT2D eigenvalue weighted by Crippen LogP contribution is 2.15. The van der Waals surface area contributed by atoms with E-state index in [1.165, 1.54) is 0 Å². The lowest BCUT2D eigenvalue weighted by Gasteiger charge is -2.21. The van der Waals surface area contributed by atoms with Crippen LogP contribution in [0.2, 0.25) is 0 Å². The fourth-order valence-electron chi connectivity index (χ4n) is 1.55. The van der Waals surface area contributed by atoms with Gasteiger partial charge in [0.15, 0.2) is 0 Å². The Morgan fingerprint density at radius 1 is 1.33 bits per heavy atom. The Hall–Kier alpha value is -1.09. The molecule has 0 saturated carbocycles. The number of rotatable bonds is 4. The third-order valence-corrected chi connectivity index (χ3v) is 2.32. The first kappa shape index (κ1) is 12.0. The van der Waals surface area contributed by atoms with Crippen molar-refractivity contribution in [2.75, 3.05) is 18.5 Å². The SMILES string of the molecule is CC(C)CN(C)c1ccc(C(C)N)nc1. The second kappa shape index (κ2) is 5.12. The molecule has 0 bridgehead atoms. The molecule has 3 nitrogen and oxygen atoms in total. The van der Waals surface area contributed by atoms with E-state index in [9.17, 15) is 0 Å². The molecule has 0 aliphatic rings. The van der Waals surface area contributed by atoms with Gasteiger partial charge in [-0.2, -0.15) is 0 Å². The average molecular weight is 207 g/mol. The lowest BCUT2D eigenvalue weighted by atomic mass is 10.2. The van der Waals surface area contributed by atoms with Gasteiger partial charge in [-0.15, -0.1) is 0 Å². The Bertz CT molecular complexity index is 290. The second-order valence-electron chi connectivity index (χ2n) is 4.50. The average Bonchev–Trinajstić information content (AvgIpc) is 2.17. The minimum absolute atomic E-state index is 0.00875. The Kier molecular flexibility index (Phi) is 4.09. The maximum Gasteiger partial charge on any atom is 0.0569 e. The molecule has 1 heterocycles. The number of aromatic nitrogens is 1. The fourth-order valence-corrected chi connectivity index (χ4v) is 1.55. The van der Waals surface area contributed by atoms with Crippen LogP contribution in [-0.2, 0) is 0 Å². The van der Waals surface area contributed by atoms with Crippen LogP contribution < -0.4 is 10.6 Å². The zero-order valence-electron chi connectivity index (χ0n) is 10.1. The van der Waals surface area contributed by atoms with Crippen molar-refractivity contribution in [1.29, 1.82) is 0 Å². The van der Waals surface area contributed by atoms with Crippen LogP contribution in [0.4, 0.5) is 5.69 Å². The summed E-state index contributed by atoms with van der Waals surface area (Å²) in [6, 6.07) is 4.08. The first-order valence-electron chi connectivity index (χ1n) is 5.43. The van der Waals surface area contributed by atoms with Crippen LogP contribution in [0, 0.1) is 5.92 Å². The minimum Gasteiger partial charge on any atom is -0.373 e. The van der Waals surface area contributed by atoms with Gasteiger partial charge in [0.2, 0.25) is 0 Å². The lowest BCUT2D eigenvalue weighted by Crippen LogP contribution is -2.22. The van der Waals surface area contributed by atoms with Crippen LogP contribution in [0.1, 0.15) is 32.5 Å². The van der Waals surface area contributed by atoms with Crippen molar-refractivity contribution >= 4 is 5.69 Å². The molecule has 1 aromatic rings. The van der Waals surface area contributed by atoms with E-state index in [-0.39, 0.29) is 6.04 Å². The van der Waals surface area contributed by atoms with Gasteiger partial charge < -0.3 is 10.6 Å². The van der Waals surface area contributed by atoms with Gasteiger partial charge in [0.05, 0.1) is 17.6 Å². The van der Waals surface area contributed by atoms with Gasteiger partial charge >= 0.3 is 0 Å². The van der Waals surface area contributed by atoms with Gasteiger partial charge in [-0.05, 0) is 25.0 Å². The Morgan fingerprint density at radius 2 is 2.00 bits per heavy atom. The number of anilines is 1. The summed E-state index contributed by atoms with van der Waals surface area (Å²) in [5.74, 6) is 0.656. The Morgan fingerprint density at radius 3 is 2.40 bits per heavy atom. The largest absolute Gasteiger partial charge is 0.373 e. The quantitative estimate of drug-likeness (QED) is 0.823. The van der Waals surface area contributed by atoms with E-state index >= 15 is 0 Å². The molecule has 0 spiro atoms. The number of hydrogen-bond donors (Lipinski definition) is 1. The summed E-state index contributed by atoms with van der Waals surface area (Å²) in [6.45, 7) is 7.40. The first-order chi connectivity index (χ1) is 7.00. The van der Waals surface area contributed by atoms with Crippen LogP contribution in [0.5, 0.6) is 0 Å². The van der Waals surface area contributed by atoms with Crippen molar-refractivity contribution in [3.63, 3.8) is 0 Å². The molecule has 84 valence electrons. The summed E-state index contributed by atoms with van der Waals surface area (Å²) in [7, 11) is 2.09. The van der Waals surface area contributed by atoms with E-state index in [1.54, 1.807) is 0 Å². The molecule has 1 atom stereocenters. The van der Waals surface area contributed by atoms with E-state index in [4.69, 9.17) is 5.73 Å². The predicted molar refractivity (Wildman–Crippen MR) is 64.9 cm³/mol. The number of hydrogen-bond acceptors (Lipinski definition) is 3. The molecule has 2 N–H and O–H groups in total. The molecular formula is C12H21N3. The second-order valence-corrected chi connectivity index (χ2v) is 4.50. The summed E-state index contributed by atoms with van der Waals surface area (Å²) >= 11 is 0. The van der Waals surface area contributed by atoms with E-state index < -0.39 is 0 Å². The molecule has 0 aromatic carbocycles. The van der Waals surface area contributed by atoms with E-state index in [1.807, 2.05) is 19.2 Å². The molecule has 0 aliphatic heterocycles. The topological polar surface area (TPSA) is 42.1 Å². The standard InChI is InChI=1S/C12H21N3/c1-9(2)8-15(4)11-5-6-12(10(3)13)14-7-11/h5-7,9-10H,8,13H2,1-4H3.